The summed E-state index contributed by atoms with van der Waals surface area (Å²) in [5.74, 6) is -0.910. The van der Waals surface area contributed by atoms with Crippen molar-refractivity contribution >= 4 is 11.9 Å². The van der Waals surface area contributed by atoms with Gasteiger partial charge in [-0.05, 0) is 43.5 Å². The molecule has 1 aliphatic heterocycles. The third-order valence-electron chi connectivity index (χ3n) is 4.29. The smallest absolute Gasteiger partial charge is 0.339 e. The number of rotatable bonds is 4. The van der Waals surface area contributed by atoms with Gasteiger partial charge in [0.2, 0.25) is 0 Å². The van der Waals surface area contributed by atoms with Crippen molar-refractivity contribution in [2.45, 2.75) is 26.3 Å². The maximum Gasteiger partial charge on any atom is 0.339 e. The summed E-state index contributed by atoms with van der Waals surface area (Å²) in [6, 6.07) is 8.24. The fourth-order valence-corrected chi connectivity index (χ4v) is 3.14. The second-order valence-corrected chi connectivity index (χ2v) is 5.77. The number of hydrogen-bond donors (Lipinski definition) is 0. The predicted octanol–water partition coefficient (Wildman–Crippen LogP) is 2.42. The minimum Gasteiger partial charge on any atom is -0.465 e. The highest BCUT2D eigenvalue weighted by Gasteiger charge is 2.24. The minimum atomic E-state index is -0.464. The zero-order valence-corrected chi connectivity index (χ0v) is 14.2. The number of methoxy groups -OCH3 is 1. The molecule has 0 bridgehead atoms. The molecule has 6 nitrogen and oxygen atoms in total. The fraction of sp³-hybridized carbons (Fsp3) is 0.316. The number of carbonyl (C=O) groups is 2. The molecule has 0 fully saturated rings. The lowest BCUT2D eigenvalue weighted by Gasteiger charge is -2.12. The van der Waals surface area contributed by atoms with Gasteiger partial charge in [-0.1, -0.05) is 12.1 Å². The average Bonchev–Trinajstić information content (AvgIpc) is 3.12. The number of esters is 2. The second-order valence-electron chi connectivity index (χ2n) is 5.77. The van der Waals surface area contributed by atoms with Crippen LogP contribution in [0.1, 0.15) is 39.8 Å². The summed E-state index contributed by atoms with van der Waals surface area (Å²) in [7, 11) is 1.32. The molecule has 6 heteroatoms. The Balaban J connectivity index is 2.15. The number of pyridine rings is 1. The molecule has 0 saturated carbocycles. The van der Waals surface area contributed by atoms with Gasteiger partial charge in [-0.15, -0.1) is 0 Å². The molecular formula is C19H19NO5. The third kappa shape index (κ3) is 3.07. The maximum atomic E-state index is 12.8. The lowest BCUT2D eigenvalue weighted by molar-refractivity contribution is 0.0525. The molecule has 25 heavy (non-hydrogen) atoms. The van der Waals surface area contributed by atoms with Crippen LogP contribution in [0.4, 0.5) is 0 Å². The molecule has 2 aromatic rings. The second kappa shape index (κ2) is 6.93. The van der Waals surface area contributed by atoms with Crippen LogP contribution < -0.4 is 5.56 Å². The number of benzene rings is 1. The van der Waals surface area contributed by atoms with Crippen LogP contribution in [-0.2, 0) is 22.4 Å². The van der Waals surface area contributed by atoms with Gasteiger partial charge >= 0.3 is 11.9 Å². The van der Waals surface area contributed by atoms with E-state index < -0.39 is 11.9 Å². The van der Waals surface area contributed by atoms with Crippen LogP contribution in [-0.4, -0.2) is 30.2 Å². The Morgan fingerprint density at radius 3 is 2.72 bits per heavy atom. The first-order valence-electron chi connectivity index (χ1n) is 8.19. The number of carbonyl (C=O) groups excluding carboxylic acids is 2. The van der Waals surface area contributed by atoms with Gasteiger partial charge < -0.3 is 14.0 Å². The summed E-state index contributed by atoms with van der Waals surface area (Å²) in [5, 5.41) is 0. The summed E-state index contributed by atoms with van der Waals surface area (Å²) < 4.78 is 11.5. The Bertz CT molecular complexity index is 897. The zero-order valence-electron chi connectivity index (χ0n) is 14.2. The quantitative estimate of drug-likeness (QED) is 0.799. The van der Waals surface area contributed by atoms with Crippen molar-refractivity contribution in [3.63, 3.8) is 0 Å². The van der Waals surface area contributed by atoms with Gasteiger partial charge in [-0.2, -0.15) is 0 Å². The number of ether oxygens (including phenoxy) is 2. The lowest BCUT2D eigenvalue weighted by Crippen LogP contribution is -2.24. The van der Waals surface area contributed by atoms with Gasteiger partial charge in [0.25, 0.3) is 5.56 Å². The van der Waals surface area contributed by atoms with Crippen LogP contribution in [0.3, 0.4) is 0 Å². The van der Waals surface area contributed by atoms with Crippen LogP contribution in [0.2, 0.25) is 0 Å². The molecule has 1 aromatic heterocycles. The van der Waals surface area contributed by atoms with Gasteiger partial charge in [0, 0.05) is 17.8 Å². The summed E-state index contributed by atoms with van der Waals surface area (Å²) in [6.07, 6.45) is 1.48. The fourth-order valence-electron chi connectivity index (χ4n) is 3.14. The first-order chi connectivity index (χ1) is 12.1. The Morgan fingerprint density at radius 1 is 1.20 bits per heavy atom. The largest absolute Gasteiger partial charge is 0.465 e. The summed E-state index contributed by atoms with van der Waals surface area (Å²) in [4.78, 5) is 36.9. The Kier molecular flexibility index (Phi) is 4.70. The molecule has 0 saturated heterocycles. The summed E-state index contributed by atoms with van der Waals surface area (Å²) in [6.45, 7) is 2.58. The van der Waals surface area contributed by atoms with Gasteiger partial charge in [0.15, 0.2) is 0 Å². The third-order valence-corrected chi connectivity index (χ3v) is 4.29. The Labute approximate surface area is 145 Å². The van der Waals surface area contributed by atoms with Gasteiger partial charge in [0.1, 0.15) is 0 Å². The maximum absolute atomic E-state index is 12.8. The van der Waals surface area contributed by atoms with Crippen molar-refractivity contribution in [2.75, 3.05) is 13.7 Å². The molecule has 0 atom stereocenters. The van der Waals surface area contributed by atoms with E-state index in [4.69, 9.17) is 9.47 Å². The van der Waals surface area contributed by atoms with Gasteiger partial charge in [-0.25, -0.2) is 9.59 Å². The molecular weight excluding hydrogens is 322 g/mol. The van der Waals surface area contributed by atoms with Crippen LogP contribution in [0.15, 0.2) is 35.1 Å². The molecule has 0 radical (unpaired) electrons. The van der Waals surface area contributed by atoms with E-state index in [-0.39, 0.29) is 12.2 Å². The number of hydrogen-bond acceptors (Lipinski definition) is 5. The van der Waals surface area contributed by atoms with Crippen molar-refractivity contribution in [2.24, 2.45) is 0 Å². The van der Waals surface area contributed by atoms with Crippen molar-refractivity contribution in [1.82, 2.24) is 4.57 Å². The highest BCUT2D eigenvalue weighted by atomic mass is 16.5. The molecule has 0 aliphatic carbocycles. The first-order valence-corrected chi connectivity index (χ1v) is 8.19. The monoisotopic (exact) mass is 341 g/mol. The molecule has 0 N–H and O–H groups in total. The van der Waals surface area contributed by atoms with Gasteiger partial charge in [-0.3, -0.25) is 4.79 Å². The Hall–Kier alpha value is -2.89. The van der Waals surface area contributed by atoms with E-state index >= 15 is 0 Å². The SMILES string of the molecule is CCOC(=O)c1cccc(-c2cc(C(=O)OC)c3n(c2=O)CCC3)c1. The van der Waals surface area contributed by atoms with E-state index in [0.717, 1.165) is 6.42 Å². The molecule has 3 rings (SSSR count). The summed E-state index contributed by atoms with van der Waals surface area (Å²) in [5.41, 5.74) is 2.25. The lowest BCUT2D eigenvalue weighted by atomic mass is 10.0. The van der Waals surface area contributed by atoms with E-state index in [1.54, 1.807) is 41.8 Å². The minimum absolute atomic E-state index is 0.166. The topological polar surface area (TPSA) is 74.6 Å². The van der Waals surface area contributed by atoms with E-state index in [1.165, 1.54) is 7.11 Å². The van der Waals surface area contributed by atoms with Crippen molar-refractivity contribution in [3.8, 4) is 11.1 Å². The standard InChI is InChI=1S/C19H19NO5/c1-3-25-18(22)13-7-4-6-12(10-13)14-11-15(19(23)24-2)16-8-5-9-20(16)17(14)21/h4,6-7,10-11H,3,5,8-9H2,1-2H3. The summed E-state index contributed by atoms with van der Waals surface area (Å²) >= 11 is 0. The van der Waals surface area contributed by atoms with E-state index in [9.17, 15) is 14.4 Å². The first kappa shape index (κ1) is 17.0. The van der Waals surface area contributed by atoms with E-state index in [0.29, 0.717) is 40.9 Å². The zero-order chi connectivity index (χ0) is 18.0. The highest BCUT2D eigenvalue weighted by Crippen LogP contribution is 2.24. The van der Waals surface area contributed by atoms with E-state index in [2.05, 4.69) is 0 Å². The Morgan fingerprint density at radius 2 is 2.00 bits per heavy atom. The molecule has 0 spiro atoms. The number of aromatic nitrogens is 1. The van der Waals surface area contributed by atoms with Crippen molar-refractivity contribution < 1.29 is 19.1 Å². The molecule has 1 aliphatic rings. The molecule has 130 valence electrons. The van der Waals surface area contributed by atoms with Crippen LogP contribution in [0.25, 0.3) is 11.1 Å². The molecule has 0 unspecified atom stereocenters. The normalized spacial score (nSPS) is 12.6. The predicted molar refractivity (Wildman–Crippen MR) is 91.8 cm³/mol. The van der Waals surface area contributed by atoms with Crippen LogP contribution in [0.5, 0.6) is 0 Å². The van der Waals surface area contributed by atoms with Crippen LogP contribution in [0, 0.1) is 0 Å². The highest BCUT2D eigenvalue weighted by molar-refractivity contribution is 5.93. The number of fused-ring (bicyclic) bond motifs is 1. The van der Waals surface area contributed by atoms with Gasteiger partial charge in [0.05, 0.1) is 24.8 Å². The van der Waals surface area contributed by atoms with Crippen molar-refractivity contribution in [3.05, 3.63) is 57.5 Å². The average molecular weight is 341 g/mol. The van der Waals surface area contributed by atoms with Crippen molar-refractivity contribution in [1.29, 1.82) is 0 Å². The molecule has 2 heterocycles. The van der Waals surface area contributed by atoms with Crippen LogP contribution >= 0.6 is 0 Å². The molecule has 0 amide bonds. The molecule has 1 aromatic carbocycles. The van der Waals surface area contributed by atoms with E-state index in [1.807, 2.05) is 0 Å². The number of nitrogens with zero attached hydrogens (tertiary/aromatic N) is 1.